The molecule has 8 heteroatoms. The molecule has 0 aliphatic carbocycles. The Hall–Kier alpha value is -3.55. The molecular formula is C26H27N3O5. The molecule has 0 bridgehead atoms. The second kappa shape index (κ2) is 7.75. The lowest BCUT2D eigenvalue weighted by molar-refractivity contribution is -0.134. The Bertz CT molecular complexity index is 1200. The van der Waals surface area contributed by atoms with Gasteiger partial charge in [0.1, 0.15) is 25.4 Å². The normalized spacial score (nSPS) is 25.4. The summed E-state index contributed by atoms with van der Waals surface area (Å²) >= 11 is 0. The predicted octanol–water partition coefficient (Wildman–Crippen LogP) is 3.12. The van der Waals surface area contributed by atoms with Crippen LogP contribution in [0.3, 0.4) is 0 Å². The minimum absolute atomic E-state index is 0.0183. The number of hydrogen-bond donors (Lipinski definition) is 0. The van der Waals surface area contributed by atoms with E-state index in [0.717, 1.165) is 24.2 Å². The van der Waals surface area contributed by atoms with Crippen molar-refractivity contribution in [3.8, 4) is 11.5 Å². The van der Waals surface area contributed by atoms with E-state index in [4.69, 9.17) is 9.47 Å². The summed E-state index contributed by atoms with van der Waals surface area (Å²) in [7, 11) is 0. The van der Waals surface area contributed by atoms with Crippen LogP contribution in [0.4, 0.5) is 5.69 Å². The van der Waals surface area contributed by atoms with Gasteiger partial charge in [-0.05, 0) is 56.0 Å². The molecule has 4 aliphatic heterocycles. The zero-order valence-corrected chi connectivity index (χ0v) is 19.2. The molecule has 0 N–H and O–H groups in total. The first-order valence-electron chi connectivity index (χ1n) is 11.9. The highest BCUT2D eigenvalue weighted by Gasteiger charge is 2.53. The van der Waals surface area contributed by atoms with Crippen LogP contribution in [0, 0.1) is 0 Å². The third-order valence-corrected chi connectivity index (χ3v) is 7.56. The molecule has 0 radical (unpaired) electrons. The van der Waals surface area contributed by atoms with Crippen LogP contribution in [-0.2, 0) is 9.59 Å². The highest BCUT2D eigenvalue weighted by Crippen LogP contribution is 2.44. The topological polar surface area (TPSA) is 79.4 Å². The molecule has 2 atom stereocenters. The predicted molar refractivity (Wildman–Crippen MR) is 124 cm³/mol. The van der Waals surface area contributed by atoms with Crippen LogP contribution < -0.4 is 14.4 Å². The van der Waals surface area contributed by atoms with Crippen LogP contribution in [0.2, 0.25) is 0 Å². The highest BCUT2D eigenvalue weighted by atomic mass is 16.6. The van der Waals surface area contributed by atoms with Crippen molar-refractivity contribution < 1.29 is 23.9 Å². The van der Waals surface area contributed by atoms with Crippen molar-refractivity contribution in [2.24, 2.45) is 0 Å². The zero-order chi connectivity index (χ0) is 23.4. The van der Waals surface area contributed by atoms with Crippen molar-refractivity contribution >= 4 is 23.4 Å². The van der Waals surface area contributed by atoms with Gasteiger partial charge >= 0.3 is 0 Å². The van der Waals surface area contributed by atoms with E-state index in [1.807, 2.05) is 42.2 Å². The molecule has 0 spiro atoms. The summed E-state index contributed by atoms with van der Waals surface area (Å²) in [5.74, 6) is 1.11. The Kier molecular flexibility index (Phi) is 4.79. The number of hydrogen-bond acceptors (Lipinski definition) is 5. The lowest BCUT2D eigenvalue weighted by Gasteiger charge is -2.48. The van der Waals surface area contributed by atoms with Crippen LogP contribution in [-0.4, -0.2) is 59.5 Å². The molecular weight excluding hydrogens is 434 g/mol. The SMILES string of the molecule is CC12CCC(=O)N1c1ccccc1C(=O)N2CC(=O)N1CCCC1c1ccc2c(c1)OCCO2. The van der Waals surface area contributed by atoms with Crippen LogP contribution in [0.1, 0.15) is 54.6 Å². The van der Waals surface area contributed by atoms with E-state index in [1.165, 1.54) is 0 Å². The smallest absolute Gasteiger partial charge is 0.258 e. The van der Waals surface area contributed by atoms with Gasteiger partial charge in [-0.3, -0.25) is 19.3 Å². The van der Waals surface area contributed by atoms with Gasteiger partial charge in [0, 0.05) is 13.0 Å². The maximum atomic E-state index is 13.6. The van der Waals surface area contributed by atoms with Crippen molar-refractivity contribution in [1.29, 1.82) is 0 Å². The zero-order valence-electron chi connectivity index (χ0n) is 19.2. The minimum Gasteiger partial charge on any atom is -0.486 e. The number of ether oxygens (including phenoxy) is 2. The summed E-state index contributed by atoms with van der Waals surface area (Å²) in [5, 5.41) is 0. The van der Waals surface area contributed by atoms with Crippen LogP contribution in [0.15, 0.2) is 42.5 Å². The number of rotatable bonds is 3. The third kappa shape index (κ3) is 3.08. The van der Waals surface area contributed by atoms with E-state index < -0.39 is 5.66 Å². The Balaban J connectivity index is 1.29. The van der Waals surface area contributed by atoms with Gasteiger partial charge in [-0.25, -0.2) is 0 Å². The Morgan fingerprint density at radius 1 is 1.09 bits per heavy atom. The maximum absolute atomic E-state index is 13.6. The molecule has 34 heavy (non-hydrogen) atoms. The standard InChI is InChI=1S/C26H27N3O5/c1-26-11-10-23(30)29(26)20-6-3-2-5-18(20)25(32)28(26)16-24(31)27-12-4-7-19(27)17-8-9-21-22(15-17)34-14-13-33-21/h2-3,5-6,8-9,15,19H,4,7,10-14,16H2,1H3. The number of benzene rings is 2. The van der Waals surface area contributed by atoms with Gasteiger partial charge in [0.05, 0.1) is 17.3 Å². The molecule has 0 saturated carbocycles. The van der Waals surface area contributed by atoms with E-state index in [0.29, 0.717) is 49.6 Å². The van der Waals surface area contributed by atoms with E-state index in [-0.39, 0.29) is 30.3 Å². The van der Waals surface area contributed by atoms with Crippen LogP contribution >= 0.6 is 0 Å². The third-order valence-electron chi connectivity index (χ3n) is 7.56. The molecule has 6 rings (SSSR count). The number of likely N-dealkylation sites (tertiary alicyclic amines) is 1. The average Bonchev–Trinajstić information content (AvgIpc) is 3.47. The molecule has 3 amide bonds. The number of carbonyl (C=O) groups is 3. The van der Waals surface area contributed by atoms with Gasteiger partial charge in [0.2, 0.25) is 11.8 Å². The first-order valence-corrected chi connectivity index (χ1v) is 11.9. The van der Waals surface area contributed by atoms with Crippen molar-refractivity contribution in [1.82, 2.24) is 9.80 Å². The van der Waals surface area contributed by atoms with E-state index in [1.54, 1.807) is 21.9 Å². The summed E-state index contributed by atoms with van der Waals surface area (Å²) in [5.41, 5.74) is 1.27. The summed E-state index contributed by atoms with van der Waals surface area (Å²) in [4.78, 5) is 45.1. The monoisotopic (exact) mass is 461 g/mol. The van der Waals surface area contributed by atoms with Gasteiger partial charge in [-0.15, -0.1) is 0 Å². The molecule has 176 valence electrons. The van der Waals surface area contributed by atoms with Crippen molar-refractivity contribution in [3.05, 3.63) is 53.6 Å². The minimum atomic E-state index is -0.843. The largest absolute Gasteiger partial charge is 0.486 e. The molecule has 4 heterocycles. The number of nitrogens with zero attached hydrogens (tertiary/aromatic N) is 3. The fourth-order valence-electron chi connectivity index (χ4n) is 5.85. The summed E-state index contributed by atoms with van der Waals surface area (Å²) in [6.07, 6.45) is 2.60. The summed E-state index contributed by atoms with van der Waals surface area (Å²) in [6, 6.07) is 12.9. The molecule has 2 fully saturated rings. The molecule has 2 aromatic carbocycles. The second-order valence-corrected chi connectivity index (χ2v) is 9.50. The lowest BCUT2D eigenvalue weighted by atomic mass is 9.98. The molecule has 2 unspecified atom stereocenters. The number of fused-ring (bicyclic) bond motifs is 4. The van der Waals surface area contributed by atoms with Crippen LogP contribution in [0.25, 0.3) is 0 Å². The first-order chi connectivity index (χ1) is 16.5. The van der Waals surface area contributed by atoms with Crippen molar-refractivity contribution in [2.75, 3.05) is 31.2 Å². The van der Waals surface area contributed by atoms with Gasteiger partial charge in [-0.1, -0.05) is 18.2 Å². The molecule has 0 aromatic heterocycles. The van der Waals surface area contributed by atoms with Gasteiger partial charge < -0.3 is 19.3 Å². The quantitative estimate of drug-likeness (QED) is 0.702. The Morgan fingerprint density at radius 2 is 1.88 bits per heavy atom. The number of anilines is 1. The number of amides is 3. The Morgan fingerprint density at radius 3 is 2.74 bits per heavy atom. The summed E-state index contributed by atoms with van der Waals surface area (Å²) < 4.78 is 11.4. The number of carbonyl (C=O) groups excluding carboxylic acids is 3. The van der Waals surface area contributed by atoms with E-state index >= 15 is 0 Å². The molecule has 2 aromatic rings. The highest BCUT2D eigenvalue weighted by molar-refractivity contribution is 6.11. The fraction of sp³-hybridized carbons (Fsp3) is 0.423. The second-order valence-electron chi connectivity index (χ2n) is 9.50. The Labute approximate surface area is 198 Å². The van der Waals surface area contributed by atoms with E-state index in [9.17, 15) is 14.4 Å². The molecule has 8 nitrogen and oxygen atoms in total. The van der Waals surface area contributed by atoms with Gasteiger partial charge in [-0.2, -0.15) is 0 Å². The molecule has 2 saturated heterocycles. The van der Waals surface area contributed by atoms with Crippen molar-refractivity contribution in [2.45, 2.75) is 44.3 Å². The van der Waals surface area contributed by atoms with Crippen LogP contribution in [0.5, 0.6) is 11.5 Å². The van der Waals surface area contributed by atoms with E-state index in [2.05, 4.69) is 0 Å². The number of para-hydroxylation sites is 1. The van der Waals surface area contributed by atoms with Gasteiger partial charge in [0.25, 0.3) is 5.91 Å². The van der Waals surface area contributed by atoms with Gasteiger partial charge in [0.15, 0.2) is 11.5 Å². The van der Waals surface area contributed by atoms with Crippen molar-refractivity contribution in [3.63, 3.8) is 0 Å². The summed E-state index contributed by atoms with van der Waals surface area (Å²) in [6.45, 7) is 3.51. The average molecular weight is 462 g/mol. The molecule has 4 aliphatic rings. The maximum Gasteiger partial charge on any atom is 0.258 e. The fourth-order valence-corrected chi connectivity index (χ4v) is 5.85. The first kappa shape index (κ1) is 21.0. The lowest BCUT2D eigenvalue weighted by Crippen LogP contribution is -2.64.